The third-order valence-electron chi connectivity index (χ3n) is 3.69. The van der Waals surface area contributed by atoms with Gasteiger partial charge in [0.2, 0.25) is 0 Å². The monoisotopic (exact) mass is 365 g/mol. The molecule has 0 radical (unpaired) electrons. The molecule has 7 nitrogen and oxygen atoms in total. The summed E-state index contributed by atoms with van der Waals surface area (Å²) in [5.41, 5.74) is 0.674. The number of alkyl halides is 3. The molecule has 0 spiro atoms. The van der Waals surface area contributed by atoms with Gasteiger partial charge in [0.05, 0.1) is 13.2 Å². The molecule has 1 aromatic rings. The highest BCUT2D eigenvalue weighted by Gasteiger charge is 2.49. The minimum atomic E-state index is -5.18. The van der Waals surface area contributed by atoms with Crippen molar-refractivity contribution >= 4 is 5.91 Å². The predicted molar refractivity (Wildman–Crippen MR) is 77.0 cm³/mol. The Kier molecular flexibility index (Phi) is 6.36. The molecule has 2 unspecified atom stereocenters. The van der Waals surface area contributed by atoms with E-state index in [1.807, 2.05) is 0 Å². The van der Waals surface area contributed by atoms with Crippen molar-refractivity contribution in [1.29, 1.82) is 0 Å². The lowest BCUT2D eigenvalue weighted by molar-refractivity contribution is -0.275. The Morgan fingerprint density at radius 2 is 1.84 bits per heavy atom. The van der Waals surface area contributed by atoms with E-state index in [0.717, 1.165) is 0 Å². The second-order valence-electron chi connectivity index (χ2n) is 5.50. The molecule has 0 aromatic heterocycles. The number of carbonyl (C=O) groups excluding carboxylic acids is 1. The van der Waals surface area contributed by atoms with E-state index in [1.54, 1.807) is 35.6 Å². The van der Waals surface area contributed by atoms with Crippen LogP contribution in [0.15, 0.2) is 30.3 Å². The van der Waals surface area contributed by atoms with Crippen LogP contribution in [0.1, 0.15) is 5.56 Å². The van der Waals surface area contributed by atoms with Gasteiger partial charge in [-0.25, -0.2) is 0 Å². The minimum Gasteiger partial charge on any atom is -0.394 e. The van der Waals surface area contributed by atoms with Gasteiger partial charge in [-0.2, -0.15) is 13.2 Å². The summed E-state index contributed by atoms with van der Waals surface area (Å²) in [4.78, 5) is 11.2. The zero-order valence-electron chi connectivity index (χ0n) is 12.9. The molecule has 25 heavy (non-hydrogen) atoms. The topological polar surface area (TPSA) is 108 Å². The van der Waals surface area contributed by atoms with Gasteiger partial charge in [0.1, 0.15) is 24.4 Å². The van der Waals surface area contributed by atoms with E-state index in [2.05, 4.69) is 0 Å². The van der Waals surface area contributed by atoms with Gasteiger partial charge in [0, 0.05) is 0 Å². The maximum Gasteiger partial charge on any atom is 0.471 e. The molecule has 0 bridgehead atoms. The van der Waals surface area contributed by atoms with E-state index in [4.69, 9.17) is 14.6 Å². The number of hydrogen-bond acceptors (Lipinski definition) is 6. The van der Waals surface area contributed by atoms with Crippen molar-refractivity contribution in [3.63, 3.8) is 0 Å². The summed E-state index contributed by atoms with van der Waals surface area (Å²) < 4.78 is 48.0. The molecule has 1 fully saturated rings. The molecule has 1 amide bonds. The highest BCUT2D eigenvalue weighted by Crippen LogP contribution is 2.24. The number of hydrogen-bond donors (Lipinski definition) is 4. The van der Waals surface area contributed by atoms with Crippen LogP contribution in [0.25, 0.3) is 0 Å². The van der Waals surface area contributed by atoms with Crippen LogP contribution >= 0.6 is 0 Å². The number of aliphatic hydroxyl groups excluding tert-OH is 3. The maximum absolute atomic E-state index is 12.5. The third kappa shape index (κ3) is 4.89. The van der Waals surface area contributed by atoms with Crippen LogP contribution in [0.4, 0.5) is 13.2 Å². The van der Waals surface area contributed by atoms with Crippen molar-refractivity contribution in [3.8, 4) is 0 Å². The summed E-state index contributed by atoms with van der Waals surface area (Å²) in [5.74, 6) is -2.30. The van der Waals surface area contributed by atoms with Crippen LogP contribution in [0, 0.1) is 0 Å². The first-order valence-corrected chi connectivity index (χ1v) is 7.39. The highest BCUT2D eigenvalue weighted by molar-refractivity contribution is 5.82. The summed E-state index contributed by atoms with van der Waals surface area (Å²) >= 11 is 0. The first kappa shape index (κ1) is 19.6. The Labute approximate surface area is 141 Å². The Morgan fingerprint density at radius 1 is 1.20 bits per heavy atom. The molecule has 2 rings (SSSR count). The van der Waals surface area contributed by atoms with E-state index in [1.165, 1.54) is 0 Å². The average molecular weight is 365 g/mol. The number of benzene rings is 1. The van der Waals surface area contributed by atoms with Gasteiger partial charge in [0.25, 0.3) is 0 Å². The summed E-state index contributed by atoms with van der Waals surface area (Å²) in [6, 6.07) is 6.92. The molecule has 1 saturated heterocycles. The lowest BCUT2D eigenvalue weighted by atomic mass is 9.97. The molecule has 140 valence electrons. The van der Waals surface area contributed by atoms with Gasteiger partial charge < -0.3 is 30.1 Å². The molecule has 4 N–H and O–H groups in total. The van der Waals surface area contributed by atoms with E-state index in [-0.39, 0.29) is 6.61 Å². The molecule has 5 atom stereocenters. The number of ether oxygens (including phenoxy) is 2. The lowest BCUT2D eigenvalue weighted by Crippen LogP contribution is -2.65. The third-order valence-corrected chi connectivity index (χ3v) is 3.69. The Balaban J connectivity index is 2.13. The van der Waals surface area contributed by atoms with Crippen molar-refractivity contribution < 1.29 is 42.8 Å². The molecule has 1 heterocycles. The molecule has 1 aliphatic rings. The van der Waals surface area contributed by atoms with E-state index < -0.39 is 49.3 Å². The quantitative estimate of drug-likeness (QED) is 0.570. The summed E-state index contributed by atoms with van der Waals surface area (Å²) in [7, 11) is 0. The van der Waals surface area contributed by atoms with Crippen molar-refractivity contribution in [2.24, 2.45) is 0 Å². The second kappa shape index (κ2) is 8.11. The Morgan fingerprint density at radius 3 is 2.40 bits per heavy atom. The van der Waals surface area contributed by atoms with Crippen LogP contribution in [0.5, 0.6) is 0 Å². The number of rotatable bonds is 5. The van der Waals surface area contributed by atoms with E-state index in [0.29, 0.717) is 5.56 Å². The van der Waals surface area contributed by atoms with Crippen molar-refractivity contribution in [1.82, 2.24) is 5.32 Å². The molecule has 1 aliphatic heterocycles. The fourth-order valence-electron chi connectivity index (χ4n) is 2.36. The molecular weight excluding hydrogens is 347 g/mol. The summed E-state index contributed by atoms with van der Waals surface area (Å²) in [6.45, 7) is -0.770. The Bertz CT molecular complexity index is 570. The number of carbonyl (C=O) groups is 1. The van der Waals surface area contributed by atoms with Crippen LogP contribution in [-0.4, -0.2) is 64.7 Å². The summed E-state index contributed by atoms with van der Waals surface area (Å²) in [6.07, 6.45) is -11.5. The van der Waals surface area contributed by atoms with Crippen LogP contribution in [-0.2, 0) is 20.9 Å². The van der Waals surface area contributed by atoms with Crippen LogP contribution < -0.4 is 5.32 Å². The van der Waals surface area contributed by atoms with Crippen LogP contribution in [0.3, 0.4) is 0 Å². The number of halogens is 3. The molecular formula is C15H18F3NO6. The molecule has 10 heteroatoms. The zero-order chi connectivity index (χ0) is 18.6. The Hall–Kier alpha value is -1.72. The number of amides is 1. The van der Waals surface area contributed by atoms with Gasteiger partial charge >= 0.3 is 12.1 Å². The van der Waals surface area contributed by atoms with Gasteiger partial charge in [-0.1, -0.05) is 30.3 Å². The van der Waals surface area contributed by atoms with Crippen molar-refractivity contribution in [2.45, 2.75) is 43.4 Å². The SMILES string of the molecule is O=C(NC1[C@H](OCc2ccccc2)OC(CO)[C@H](O)[C@@H]1O)C(F)(F)F. The summed E-state index contributed by atoms with van der Waals surface area (Å²) in [5, 5.41) is 30.5. The van der Waals surface area contributed by atoms with Gasteiger partial charge in [-0.15, -0.1) is 0 Å². The largest absolute Gasteiger partial charge is 0.471 e. The van der Waals surface area contributed by atoms with E-state index >= 15 is 0 Å². The fraction of sp³-hybridized carbons (Fsp3) is 0.533. The molecule has 1 aromatic carbocycles. The highest BCUT2D eigenvalue weighted by atomic mass is 19.4. The second-order valence-corrected chi connectivity index (χ2v) is 5.50. The van der Waals surface area contributed by atoms with Crippen molar-refractivity contribution in [3.05, 3.63) is 35.9 Å². The smallest absolute Gasteiger partial charge is 0.394 e. The minimum absolute atomic E-state index is 0.0785. The first-order valence-electron chi connectivity index (χ1n) is 7.39. The standard InChI is InChI=1S/C15H18F3NO6/c16-15(17,18)14(23)19-10-12(22)11(21)9(6-20)25-13(10)24-7-8-4-2-1-3-5-8/h1-5,9-13,20-22H,6-7H2,(H,19,23)/t9?,10?,11-,12+,13+/m0/s1. The van der Waals surface area contributed by atoms with Crippen LogP contribution in [0.2, 0.25) is 0 Å². The van der Waals surface area contributed by atoms with Gasteiger partial charge in [-0.05, 0) is 5.56 Å². The fourth-order valence-corrected chi connectivity index (χ4v) is 2.36. The molecule has 0 aliphatic carbocycles. The first-order chi connectivity index (χ1) is 11.7. The van der Waals surface area contributed by atoms with Gasteiger partial charge in [-0.3, -0.25) is 4.79 Å². The maximum atomic E-state index is 12.5. The molecule has 0 saturated carbocycles. The normalized spacial score (nSPS) is 30.1. The predicted octanol–water partition coefficient (Wildman–Crippen LogP) is -0.311. The average Bonchev–Trinajstić information content (AvgIpc) is 2.58. The van der Waals surface area contributed by atoms with Gasteiger partial charge in [0.15, 0.2) is 6.29 Å². The lowest BCUT2D eigenvalue weighted by Gasteiger charge is -2.42. The number of aliphatic hydroxyl groups is 3. The number of nitrogens with one attached hydrogen (secondary N) is 1. The van der Waals surface area contributed by atoms with Crippen molar-refractivity contribution in [2.75, 3.05) is 6.61 Å². The zero-order valence-corrected chi connectivity index (χ0v) is 12.9. The van der Waals surface area contributed by atoms with E-state index in [9.17, 15) is 28.2 Å².